The van der Waals surface area contributed by atoms with Gasteiger partial charge in [-0.2, -0.15) is 0 Å². The molecule has 0 N–H and O–H groups in total. The summed E-state index contributed by atoms with van der Waals surface area (Å²) in [6.45, 7) is 4.77. The second-order valence-electron chi connectivity index (χ2n) is 5.17. The predicted octanol–water partition coefficient (Wildman–Crippen LogP) is 3.57. The zero-order valence-electron chi connectivity index (χ0n) is 10.1. The normalized spacial score (nSPS) is 21.2. The Balaban J connectivity index is 1.86. The average molecular weight is 214 g/mol. The van der Waals surface area contributed by atoms with Crippen LogP contribution in [0.1, 0.15) is 43.7 Å². The van der Waals surface area contributed by atoms with Crippen LogP contribution in [0.15, 0.2) is 18.2 Å². The molecule has 0 bridgehead atoms. The summed E-state index contributed by atoms with van der Waals surface area (Å²) in [4.78, 5) is 2.55. The van der Waals surface area contributed by atoms with Gasteiger partial charge in [-0.3, -0.25) is 0 Å². The number of rotatable bonds is 1. The third kappa shape index (κ3) is 1.73. The second-order valence-corrected chi connectivity index (χ2v) is 5.17. The Morgan fingerprint density at radius 2 is 1.81 bits per heavy atom. The van der Waals surface area contributed by atoms with Gasteiger partial charge in [-0.1, -0.05) is 13.0 Å². The van der Waals surface area contributed by atoms with E-state index in [2.05, 4.69) is 30.0 Å². The molecule has 1 nitrogen and oxygen atoms in total. The quantitative estimate of drug-likeness (QED) is 0.691. The van der Waals surface area contributed by atoms with Crippen LogP contribution in [-0.2, 0) is 6.42 Å². The summed E-state index contributed by atoms with van der Waals surface area (Å²) >= 11 is 0. The van der Waals surface area contributed by atoms with E-state index in [0.717, 1.165) is 0 Å². The van der Waals surface area contributed by atoms with Gasteiger partial charge < -0.3 is 4.90 Å². The molecule has 0 spiro atoms. The van der Waals surface area contributed by atoms with Crippen molar-refractivity contribution in [1.29, 1.82) is 0 Å². The van der Waals surface area contributed by atoms with Crippen LogP contribution in [0.25, 0.3) is 0 Å². The van der Waals surface area contributed by atoms with Gasteiger partial charge in [0.25, 0.3) is 0 Å². The number of hydrogen-bond acceptors (Lipinski definition) is 1. The van der Waals surface area contributed by atoms with Gasteiger partial charge >= 0.3 is 0 Å². The smallest absolute Gasteiger partial charge is 0.0369 e. The number of piperidine rings is 1. The van der Waals surface area contributed by atoms with E-state index in [-0.39, 0.29) is 0 Å². The third-order valence-corrected chi connectivity index (χ3v) is 4.04. The van der Waals surface area contributed by atoms with E-state index in [1.54, 1.807) is 11.5 Å². The number of aryl methyl sites for hydroxylation is 1. The maximum atomic E-state index is 2.55. The molecule has 1 aromatic carbocycles. The Bertz CT molecular complexity index is 377. The Morgan fingerprint density at radius 3 is 2.62 bits per heavy atom. The highest BCUT2D eigenvalue weighted by Gasteiger charge is 2.20. The topological polar surface area (TPSA) is 3.24 Å². The Labute approximate surface area is 98.5 Å². The van der Waals surface area contributed by atoms with Crippen LogP contribution < -0.4 is 4.90 Å². The SMILES string of the molecule is C[C]1CCc2cc(N3CCCCC3)ccc21. The molecule has 1 aromatic rings. The van der Waals surface area contributed by atoms with Crippen LogP contribution in [0.5, 0.6) is 0 Å². The molecular weight excluding hydrogens is 194 g/mol. The molecule has 1 heteroatoms. The number of benzene rings is 1. The Kier molecular flexibility index (Phi) is 2.62. The number of hydrogen-bond donors (Lipinski definition) is 0. The van der Waals surface area contributed by atoms with Gasteiger partial charge in [0.15, 0.2) is 0 Å². The number of nitrogens with zero attached hydrogens (tertiary/aromatic N) is 1. The lowest BCUT2D eigenvalue weighted by Gasteiger charge is -2.29. The monoisotopic (exact) mass is 214 g/mol. The van der Waals surface area contributed by atoms with Crippen LogP contribution in [0, 0.1) is 5.92 Å². The van der Waals surface area contributed by atoms with E-state index in [0.29, 0.717) is 0 Å². The second kappa shape index (κ2) is 4.12. The first kappa shape index (κ1) is 10.2. The molecule has 16 heavy (non-hydrogen) atoms. The van der Waals surface area contributed by atoms with Crippen molar-refractivity contribution >= 4 is 5.69 Å². The van der Waals surface area contributed by atoms with Crippen molar-refractivity contribution in [3.05, 3.63) is 35.2 Å². The fourth-order valence-electron chi connectivity index (χ4n) is 3.01. The minimum Gasteiger partial charge on any atom is -0.372 e. The largest absolute Gasteiger partial charge is 0.372 e. The van der Waals surface area contributed by atoms with Gasteiger partial charge in [0.05, 0.1) is 0 Å². The molecule has 0 aromatic heterocycles. The lowest BCUT2D eigenvalue weighted by Crippen LogP contribution is -2.29. The molecule has 0 saturated carbocycles. The van der Waals surface area contributed by atoms with Crippen molar-refractivity contribution in [1.82, 2.24) is 0 Å². The molecule has 85 valence electrons. The standard InChI is InChI=1S/C15H20N/c1-12-5-6-13-11-14(7-8-15(12)13)16-9-3-2-4-10-16/h7-8,11H,2-6,9-10H2,1H3. The summed E-state index contributed by atoms with van der Waals surface area (Å²) in [7, 11) is 0. The molecule has 0 unspecified atom stereocenters. The Hall–Kier alpha value is -0.980. The molecule has 0 amide bonds. The maximum absolute atomic E-state index is 2.55. The van der Waals surface area contributed by atoms with Gasteiger partial charge in [-0.05, 0) is 55.4 Å². The summed E-state index contributed by atoms with van der Waals surface area (Å²) in [6.07, 6.45) is 6.65. The summed E-state index contributed by atoms with van der Waals surface area (Å²) in [5.41, 5.74) is 4.54. The summed E-state index contributed by atoms with van der Waals surface area (Å²) < 4.78 is 0. The van der Waals surface area contributed by atoms with Crippen LogP contribution in [-0.4, -0.2) is 13.1 Å². The van der Waals surface area contributed by atoms with Crippen molar-refractivity contribution in [2.45, 2.75) is 39.0 Å². The lowest BCUT2D eigenvalue weighted by molar-refractivity contribution is 0.578. The van der Waals surface area contributed by atoms with Gasteiger partial charge in [0.2, 0.25) is 0 Å². The van der Waals surface area contributed by atoms with Gasteiger partial charge in [0.1, 0.15) is 0 Å². The minimum absolute atomic E-state index is 1.25. The number of fused-ring (bicyclic) bond motifs is 1. The van der Waals surface area contributed by atoms with E-state index in [1.807, 2.05) is 0 Å². The molecular formula is C15H20N. The fraction of sp³-hybridized carbons (Fsp3) is 0.533. The summed E-state index contributed by atoms with van der Waals surface area (Å²) in [5, 5.41) is 0. The van der Waals surface area contributed by atoms with Crippen molar-refractivity contribution in [2.75, 3.05) is 18.0 Å². The van der Waals surface area contributed by atoms with Crippen LogP contribution >= 0.6 is 0 Å². The highest BCUT2D eigenvalue weighted by Crippen LogP contribution is 2.34. The lowest BCUT2D eigenvalue weighted by atomic mass is 10.0. The molecule has 0 atom stereocenters. The molecule has 1 aliphatic carbocycles. The van der Waals surface area contributed by atoms with E-state index >= 15 is 0 Å². The van der Waals surface area contributed by atoms with Crippen molar-refractivity contribution in [2.24, 2.45) is 0 Å². The van der Waals surface area contributed by atoms with Crippen LogP contribution in [0.3, 0.4) is 0 Å². The van der Waals surface area contributed by atoms with Gasteiger partial charge in [-0.15, -0.1) is 0 Å². The highest BCUT2D eigenvalue weighted by atomic mass is 15.1. The molecule has 1 radical (unpaired) electrons. The van der Waals surface area contributed by atoms with E-state index < -0.39 is 0 Å². The molecule has 3 rings (SSSR count). The number of anilines is 1. The van der Waals surface area contributed by atoms with E-state index in [1.165, 1.54) is 56.4 Å². The summed E-state index contributed by atoms with van der Waals surface area (Å²) in [5.74, 6) is 1.57. The van der Waals surface area contributed by atoms with Crippen LogP contribution in [0.4, 0.5) is 5.69 Å². The first-order chi connectivity index (χ1) is 7.84. The average Bonchev–Trinajstić information content (AvgIpc) is 2.72. The fourth-order valence-corrected chi connectivity index (χ4v) is 3.01. The molecule has 1 aliphatic heterocycles. The third-order valence-electron chi connectivity index (χ3n) is 4.04. The minimum atomic E-state index is 1.25. The first-order valence-corrected chi connectivity index (χ1v) is 6.55. The van der Waals surface area contributed by atoms with Crippen LogP contribution in [0.2, 0.25) is 0 Å². The highest BCUT2D eigenvalue weighted by molar-refractivity contribution is 5.56. The zero-order chi connectivity index (χ0) is 11.0. The zero-order valence-corrected chi connectivity index (χ0v) is 10.1. The molecule has 2 aliphatic rings. The summed E-state index contributed by atoms with van der Waals surface area (Å²) in [6, 6.07) is 7.08. The molecule has 1 heterocycles. The van der Waals surface area contributed by atoms with E-state index in [4.69, 9.17) is 0 Å². The molecule has 1 fully saturated rings. The first-order valence-electron chi connectivity index (χ1n) is 6.55. The van der Waals surface area contributed by atoms with Crippen molar-refractivity contribution < 1.29 is 0 Å². The molecule has 1 saturated heterocycles. The van der Waals surface area contributed by atoms with E-state index in [9.17, 15) is 0 Å². The van der Waals surface area contributed by atoms with Crippen molar-refractivity contribution in [3.63, 3.8) is 0 Å². The maximum Gasteiger partial charge on any atom is 0.0369 e. The predicted molar refractivity (Wildman–Crippen MR) is 68.8 cm³/mol. The van der Waals surface area contributed by atoms with Gasteiger partial charge in [0, 0.05) is 24.7 Å². The van der Waals surface area contributed by atoms with Gasteiger partial charge in [-0.25, -0.2) is 0 Å². The Morgan fingerprint density at radius 1 is 1.00 bits per heavy atom. The van der Waals surface area contributed by atoms with Crippen molar-refractivity contribution in [3.8, 4) is 0 Å².